The normalized spacial score (nSPS) is 10.9. The summed E-state index contributed by atoms with van der Waals surface area (Å²) in [6.45, 7) is 2.09. The van der Waals surface area contributed by atoms with Gasteiger partial charge in [0.1, 0.15) is 5.52 Å². The third kappa shape index (κ3) is 1.67. The Morgan fingerprint density at radius 2 is 2.00 bits per heavy atom. The standard InChI is InChI=1S/C13H12N4/c1-2-10-7-8-11(9-14-10)17-13-6-4-3-5-12(13)15-16-17/h3-9H,2H2,1H3. The largest absolute Gasteiger partial charge is 0.259 e. The predicted octanol–water partition coefficient (Wildman–Crippen LogP) is 2.38. The van der Waals surface area contributed by atoms with E-state index in [1.807, 2.05) is 47.3 Å². The van der Waals surface area contributed by atoms with Gasteiger partial charge in [-0.15, -0.1) is 5.10 Å². The van der Waals surface area contributed by atoms with Crippen molar-refractivity contribution in [1.29, 1.82) is 0 Å². The first-order valence-electron chi connectivity index (χ1n) is 5.64. The lowest BCUT2D eigenvalue weighted by Crippen LogP contribution is -1.98. The minimum absolute atomic E-state index is 0.895. The van der Waals surface area contributed by atoms with E-state index in [2.05, 4.69) is 22.2 Å². The maximum absolute atomic E-state index is 4.37. The van der Waals surface area contributed by atoms with Crippen LogP contribution in [0.4, 0.5) is 0 Å². The van der Waals surface area contributed by atoms with Crippen molar-refractivity contribution in [3.8, 4) is 5.69 Å². The molecule has 0 bridgehead atoms. The highest BCUT2D eigenvalue weighted by Crippen LogP contribution is 2.15. The molecule has 4 nitrogen and oxygen atoms in total. The highest BCUT2D eigenvalue weighted by molar-refractivity contribution is 5.75. The second-order valence-corrected chi connectivity index (χ2v) is 3.85. The maximum Gasteiger partial charge on any atom is 0.113 e. The van der Waals surface area contributed by atoms with Gasteiger partial charge < -0.3 is 0 Å². The molecule has 2 heterocycles. The molecule has 0 saturated carbocycles. The molecule has 3 aromatic rings. The van der Waals surface area contributed by atoms with Gasteiger partial charge in [0.2, 0.25) is 0 Å². The lowest BCUT2D eigenvalue weighted by Gasteiger charge is -2.02. The van der Waals surface area contributed by atoms with Gasteiger partial charge in [0.25, 0.3) is 0 Å². The SMILES string of the molecule is CCc1ccc(-n2nnc3ccccc32)cn1. The van der Waals surface area contributed by atoms with Gasteiger partial charge in [-0.25, -0.2) is 4.68 Å². The number of pyridine rings is 1. The van der Waals surface area contributed by atoms with Gasteiger partial charge in [0.05, 0.1) is 17.4 Å². The number of rotatable bonds is 2. The Morgan fingerprint density at radius 1 is 1.12 bits per heavy atom. The van der Waals surface area contributed by atoms with Crippen molar-refractivity contribution in [1.82, 2.24) is 20.0 Å². The summed E-state index contributed by atoms with van der Waals surface area (Å²) in [5.41, 5.74) is 3.92. The fraction of sp³-hybridized carbons (Fsp3) is 0.154. The summed E-state index contributed by atoms with van der Waals surface area (Å²) >= 11 is 0. The molecule has 0 unspecified atom stereocenters. The molecule has 0 amide bonds. The Kier molecular flexibility index (Phi) is 2.33. The van der Waals surface area contributed by atoms with E-state index in [-0.39, 0.29) is 0 Å². The van der Waals surface area contributed by atoms with Crippen LogP contribution in [0.5, 0.6) is 0 Å². The zero-order chi connectivity index (χ0) is 11.7. The third-order valence-electron chi connectivity index (χ3n) is 2.77. The van der Waals surface area contributed by atoms with Crippen LogP contribution in [0.2, 0.25) is 0 Å². The molecule has 2 aromatic heterocycles. The Hall–Kier alpha value is -2.23. The number of hydrogen-bond donors (Lipinski definition) is 0. The van der Waals surface area contributed by atoms with Crippen molar-refractivity contribution in [2.24, 2.45) is 0 Å². The molecule has 0 aliphatic heterocycles. The summed E-state index contributed by atoms with van der Waals surface area (Å²) in [6.07, 6.45) is 2.78. The van der Waals surface area contributed by atoms with Crippen LogP contribution < -0.4 is 0 Å². The van der Waals surface area contributed by atoms with Gasteiger partial charge in [-0.2, -0.15) is 0 Å². The van der Waals surface area contributed by atoms with Crippen LogP contribution in [0.1, 0.15) is 12.6 Å². The summed E-state index contributed by atoms with van der Waals surface area (Å²) in [6, 6.07) is 11.9. The average Bonchev–Trinajstić information content (AvgIpc) is 2.83. The molecule has 84 valence electrons. The van der Waals surface area contributed by atoms with Crippen molar-refractivity contribution in [3.05, 3.63) is 48.3 Å². The highest BCUT2D eigenvalue weighted by Gasteiger charge is 2.05. The average molecular weight is 224 g/mol. The summed E-state index contributed by atoms with van der Waals surface area (Å²) in [5.74, 6) is 0. The van der Waals surface area contributed by atoms with Crippen LogP contribution in [-0.4, -0.2) is 20.0 Å². The van der Waals surface area contributed by atoms with Gasteiger partial charge >= 0.3 is 0 Å². The molecule has 3 rings (SSSR count). The fourth-order valence-corrected chi connectivity index (χ4v) is 1.81. The minimum atomic E-state index is 0.895. The first-order chi connectivity index (χ1) is 8.38. The highest BCUT2D eigenvalue weighted by atomic mass is 15.4. The summed E-state index contributed by atoms with van der Waals surface area (Å²) < 4.78 is 1.81. The van der Waals surface area contributed by atoms with Gasteiger partial charge in [0, 0.05) is 5.69 Å². The molecule has 0 fully saturated rings. The topological polar surface area (TPSA) is 43.6 Å². The van der Waals surface area contributed by atoms with Gasteiger partial charge in [-0.1, -0.05) is 24.3 Å². The van der Waals surface area contributed by atoms with E-state index in [0.29, 0.717) is 0 Å². The monoisotopic (exact) mass is 224 g/mol. The van der Waals surface area contributed by atoms with Gasteiger partial charge in [-0.05, 0) is 30.7 Å². The molecular weight excluding hydrogens is 212 g/mol. The van der Waals surface area contributed by atoms with E-state index < -0.39 is 0 Å². The number of para-hydroxylation sites is 1. The van der Waals surface area contributed by atoms with Crippen molar-refractivity contribution in [2.75, 3.05) is 0 Å². The number of aryl methyl sites for hydroxylation is 1. The molecule has 0 atom stereocenters. The zero-order valence-electron chi connectivity index (χ0n) is 9.54. The quantitative estimate of drug-likeness (QED) is 0.671. The van der Waals surface area contributed by atoms with Gasteiger partial charge in [0.15, 0.2) is 0 Å². The number of aromatic nitrogens is 4. The molecule has 0 radical (unpaired) electrons. The summed E-state index contributed by atoms with van der Waals surface area (Å²) in [4.78, 5) is 4.37. The van der Waals surface area contributed by atoms with Crippen LogP contribution in [0.15, 0.2) is 42.6 Å². The lowest BCUT2D eigenvalue weighted by molar-refractivity contribution is 0.817. The molecule has 0 aliphatic rings. The number of fused-ring (bicyclic) bond motifs is 1. The van der Waals surface area contributed by atoms with E-state index in [1.54, 1.807) is 0 Å². The van der Waals surface area contributed by atoms with Crippen LogP contribution in [0.3, 0.4) is 0 Å². The molecule has 17 heavy (non-hydrogen) atoms. The molecule has 4 heteroatoms. The molecule has 0 N–H and O–H groups in total. The number of benzene rings is 1. The van der Waals surface area contributed by atoms with E-state index in [4.69, 9.17) is 0 Å². The van der Waals surface area contributed by atoms with Crippen molar-refractivity contribution in [2.45, 2.75) is 13.3 Å². The molecule has 1 aromatic carbocycles. The van der Waals surface area contributed by atoms with E-state index in [9.17, 15) is 0 Å². The van der Waals surface area contributed by atoms with E-state index in [1.165, 1.54) is 0 Å². The molecular formula is C13H12N4. The second kappa shape index (κ2) is 3.97. The van der Waals surface area contributed by atoms with Crippen LogP contribution in [0.25, 0.3) is 16.7 Å². The van der Waals surface area contributed by atoms with Crippen molar-refractivity contribution in [3.63, 3.8) is 0 Å². The first kappa shape index (κ1) is 9.96. The minimum Gasteiger partial charge on any atom is -0.259 e. The van der Waals surface area contributed by atoms with Crippen LogP contribution >= 0.6 is 0 Å². The predicted molar refractivity (Wildman–Crippen MR) is 66.0 cm³/mol. The van der Waals surface area contributed by atoms with Crippen LogP contribution in [0, 0.1) is 0 Å². The Labute approximate surface area is 98.9 Å². The second-order valence-electron chi connectivity index (χ2n) is 3.85. The van der Waals surface area contributed by atoms with Crippen molar-refractivity contribution >= 4 is 11.0 Å². The van der Waals surface area contributed by atoms with Gasteiger partial charge in [-0.3, -0.25) is 4.98 Å². The third-order valence-corrected chi connectivity index (χ3v) is 2.77. The number of nitrogens with zero attached hydrogens (tertiary/aromatic N) is 4. The van der Waals surface area contributed by atoms with Crippen molar-refractivity contribution < 1.29 is 0 Å². The van der Waals surface area contributed by atoms with E-state index in [0.717, 1.165) is 28.8 Å². The Bertz CT molecular complexity index is 640. The first-order valence-corrected chi connectivity index (χ1v) is 5.64. The Balaban J connectivity index is 2.13. The maximum atomic E-state index is 4.37. The number of hydrogen-bond acceptors (Lipinski definition) is 3. The smallest absolute Gasteiger partial charge is 0.113 e. The Morgan fingerprint density at radius 3 is 2.76 bits per heavy atom. The molecule has 0 aliphatic carbocycles. The van der Waals surface area contributed by atoms with Crippen LogP contribution in [-0.2, 0) is 6.42 Å². The summed E-state index contributed by atoms with van der Waals surface area (Å²) in [7, 11) is 0. The fourth-order valence-electron chi connectivity index (χ4n) is 1.81. The molecule has 0 saturated heterocycles. The lowest BCUT2D eigenvalue weighted by atomic mass is 10.2. The zero-order valence-corrected chi connectivity index (χ0v) is 9.54. The summed E-state index contributed by atoms with van der Waals surface area (Å²) in [5, 5.41) is 8.27. The van der Waals surface area contributed by atoms with E-state index >= 15 is 0 Å². The molecule has 0 spiro atoms.